The second-order valence-electron chi connectivity index (χ2n) is 6.53. The van der Waals surface area contributed by atoms with Crippen LogP contribution >= 0.6 is 23.2 Å². The zero-order valence-electron chi connectivity index (χ0n) is 15.2. The van der Waals surface area contributed by atoms with E-state index >= 15 is 0 Å². The molecule has 148 valence electrons. The van der Waals surface area contributed by atoms with E-state index in [2.05, 4.69) is 37.7 Å². The highest BCUT2D eigenvalue weighted by molar-refractivity contribution is 6.33. The van der Waals surface area contributed by atoms with Crippen molar-refractivity contribution in [3.8, 4) is 5.75 Å². The molecule has 1 aromatic carbocycles. The molecule has 1 aliphatic heterocycles. The largest absolute Gasteiger partial charge is 0.486 e. The maximum absolute atomic E-state index is 6.23. The van der Waals surface area contributed by atoms with Crippen LogP contribution in [0.15, 0.2) is 30.5 Å². The van der Waals surface area contributed by atoms with Crippen LogP contribution in [0, 0.1) is 0 Å². The number of nitrogens with zero attached hydrogens (tertiary/aromatic N) is 2. The van der Waals surface area contributed by atoms with Crippen molar-refractivity contribution in [3.63, 3.8) is 0 Å². The van der Waals surface area contributed by atoms with E-state index in [0.717, 1.165) is 25.2 Å². The SMILES string of the molecule is Clc1nc(Cl)c(OCCNC2COC2)c(NCCc2c[nH]c3ccccc23)n1. The van der Waals surface area contributed by atoms with E-state index in [1.165, 1.54) is 10.9 Å². The molecule has 3 aromatic rings. The van der Waals surface area contributed by atoms with E-state index in [0.29, 0.717) is 37.3 Å². The molecule has 1 fully saturated rings. The van der Waals surface area contributed by atoms with Gasteiger partial charge in [-0.05, 0) is 29.7 Å². The van der Waals surface area contributed by atoms with Gasteiger partial charge < -0.3 is 25.1 Å². The molecular formula is C19H21Cl2N5O2. The van der Waals surface area contributed by atoms with Crippen molar-refractivity contribution in [2.24, 2.45) is 0 Å². The first-order chi connectivity index (χ1) is 13.7. The van der Waals surface area contributed by atoms with Gasteiger partial charge in [0.1, 0.15) is 6.61 Å². The predicted molar refractivity (Wildman–Crippen MR) is 111 cm³/mol. The summed E-state index contributed by atoms with van der Waals surface area (Å²) in [4.78, 5) is 11.5. The number of anilines is 1. The minimum absolute atomic E-state index is 0.0803. The Kier molecular flexibility index (Phi) is 6.17. The molecule has 0 unspecified atom stereocenters. The summed E-state index contributed by atoms with van der Waals surface area (Å²) in [7, 11) is 0. The molecule has 2 aromatic heterocycles. The summed E-state index contributed by atoms with van der Waals surface area (Å²) in [5.74, 6) is 0.911. The van der Waals surface area contributed by atoms with Gasteiger partial charge in [-0.3, -0.25) is 0 Å². The van der Waals surface area contributed by atoms with E-state index in [1.54, 1.807) is 0 Å². The molecule has 9 heteroatoms. The standard InChI is InChI=1S/C19H21Cl2N5O2/c20-17-16(28-8-7-22-13-10-27-11-13)18(26-19(21)25-17)23-6-5-12-9-24-15-4-2-1-3-14(12)15/h1-4,9,13,22,24H,5-8,10-11H2,(H,23,25,26). The summed E-state index contributed by atoms with van der Waals surface area (Å²) >= 11 is 12.2. The Hall–Kier alpha value is -2.06. The number of benzene rings is 1. The number of H-pyrrole nitrogens is 1. The quantitative estimate of drug-likeness (QED) is 0.279. The molecule has 0 bridgehead atoms. The molecule has 0 radical (unpaired) electrons. The van der Waals surface area contributed by atoms with Crippen LogP contribution in [-0.4, -0.2) is 53.9 Å². The monoisotopic (exact) mass is 421 g/mol. The minimum Gasteiger partial charge on any atom is -0.486 e. The first kappa shape index (κ1) is 19.3. The number of rotatable bonds is 9. The summed E-state index contributed by atoms with van der Waals surface area (Å²) in [6.07, 6.45) is 2.84. The van der Waals surface area contributed by atoms with E-state index < -0.39 is 0 Å². The van der Waals surface area contributed by atoms with Crippen molar-refractivity contribution >= 4 is 39.9 Å². The summed E-state index contributed by atoms with van der Waals surface area (Å²) in [5, 5.41) is 8.09. The third kappa shape index (κ3) is 4.50. The molecule has 0 spiro atoms. The fourth-order valence-electron chi connectivity index (χ4n) is 3.07. The molecule has 0 amide bonds. The Morgan fingerprint density at radius 2 is 2.04 bits per heavy atom. The molecular weight excluding hydrogens is 401 g/mol. The van der Waals surface area contributed by atoms with Crippen molar-refractivity contribution in [3.05, 3.63) is 46.5 Å². The number of hydrogen-bond donors (Lipinski definition) is 3. The van der Waals surface area contributed by atoms with Gasteiger partial charge in [-0.15, -0.1) is 0 Å². The highest BCUT2D eigenvalue weighted by Gasteiger charge is 2.18. The summed E-state index contributed by atoms with van der Waals surface area (Å²) < 4.78 is 10.9. The minimum atomic E-state index is 0.0803. The molecule has 1 saturated heterocycles. The Labute approximate surface area is 172 Å². The van der Waals surface area contributed by atoms with Crippen LogP contribution in [0.3, 0.4) is 0 Å². The van der Waals surface area contributed by atoms with Gasteiger partial charge in [0.05, 0.1) is 19.3 Å². The first-order valence-corrected chi connectivity index (χ1v) is 9.92. The van der Waals surface area contributed by atoms with E-state index in [-0.39, 0.29) is 10.4 Å². The second-order valence-corrected chi connectivity index (χ2v) is 7.23. The number of hydrogen-bond acceptors (Lipinski definition) is 6. The van der Waals surface area contributed by atoms with Crippen LogP contribution in [-0.2, 0) is 11.2 Å². The highest BCUT2D eigenvalue weighted by atomic mass is 35.5. The van der Waals surface area contributed by atoms with Gasteiger partial charge in [0.2, 0.25) is 5.28 Å². The van der Waals surface area contributed by atoms with Crippen LogP contribution in [0.2, 0.25) is 10.4 Å². The van der Waals surface area contributed by atoms with Crippen molar-refractivity contribution in [1.82, 2.24) is 20.3 Å². The molecule has 0 saturated carbocycles. The number of para-hydroxylation sites is 1. The molecule has 1 aliphatic rings. The van der Waals surface area contributed by atoms with Crippen molar-refractivity contribution in [2.75, 3.05) is 38.2 Å². The summed E-state index contributed by atoms with van der Waals surface area (Å²) in [6, 6.07) is 8.61. The fraction of sp³-hybridized carbons (Fsp3) is 0.368. The number of nitrogens with one attached hydrogen (secondary N) is 3. The normalized spacial score (nSPS) is 14.2. The Morgan fingerprint density at radius 3 is 2.86 bits per heavy atom. The lowest BCUT2D eigenvalue weighted by molar-refractivity contribution is -0.00595. The average molecular weight is 422 g/mol. The fourth-order valence-corrected chi connectivity index (χ4v) is 3.51. The smallest absolute Gasteiger partial charge is 0.226 e. The van der Waals surface area contributed by atoms with E-state index in [4.69, 9.17) is 32.7 Å². The molecule has 28 heavy (non-hydrogen) atoms. The second kappa shape index (κ2) is 8.96. The van der Waals surface area contributed by atoms with Gasteiger partial charge in [0.15, 0.2) is 16.7 Å². The Bertz CT molecular complexity index is 945. The van der Waals surface area contributed by atoms with Crippen LogP contribution in [0.1, 0.15) is 5.56 Å². The van der Waals surface area contributed by atoms with Gasteiger partial charge >= 0.3 is 0 Å². The zero-order valence-corrected chi connectivity index (χ0v) is 16.7. The first-order valence-electron chi connectivity index (χ1n) is 9.16. The Morgan fingerprint density at radius 1 is 1.18 bits per heavy atom. The van der Waals surface area contributed by atoms with Gasteiger partial charge in [0, 0.05) is 30.2 Å². The Balaban J connectivity index is 1.37. The molecule has 0 atom stereocenters. The number of fused-ring (bicyclic) bond motifs is 1. The molecule has 0 aliphatic carbocycles. The molecule has 3 N–H and O–H groups in total. The third-order valence-electron chi connectivity index (χ3n) is 4.58. The van der Waals surface area contributed by atoms with Crippen LogP contribution in [0.5, 0.6) is 5.75 Å². The van der Waals surface area contributed by atoms with Gasteiger partial charge in [-0.25, -0.2) is 4.98 Å². The highest BCUT2D eigenvalue weighted by Crippen LogP contribution is 2.31. The van der Waals surface area contributed by atoms with Crippen molar-refractivity contribution in [1.29, 1.82) is 0 Å². The van der Waals surface area contributed by atoms with E-state index in [1.807, 2.05) is 18.3 Å². The molecule has 7 nitrogen and oxygen atoms in total. The average Bonchev–Trinajstić information content (AvgIpc) is 3.05. The number of aromatic nitrogens is 3. The maximum Gasteiger partial charge on any atom is 0.226 e. The lowest BCUT2D eigenvalue weighted by atomic mass is 10.1. The van der Waals surface area contributed by atoms with Crippen LogP contribution < -0.4 is 15.4 Å². The predicted octanol–water partition coefficient (Wildman–Crippen LogP) is 3.29. The lowest BCUT2D eigenvalue weighted by Crippen LogP contribution is -2.47. The van der Waals surface area contributed by atoms with E-state index in [9.17, 15) is 0 Å². The summed E-state index contributed by atoms with van der Waals surface area (Å²) in [6.45, 7) is 3.26. The van der Waals surface area contributed by atoms with Crippen molar-refractivity contribution < 1.29 is 9.47 Å². The zero-order chi connectivity index (χ0) is 19.3. The maximum atomic E-state index is 6.23. The number of ether oxygens (including phenoxy) is 2. The number of halogens is 2. The molecule has 3 heterocycles. The van der Waals surface area contributed by atoms with Crippen LogP contribution in [0.4, 0.5) is 5.82 Å². The topological polar surface area (TPSA) is 84.1 Å². The van der Waals surface area contributed by atoms with Crippen LogP contribution in [0.25, 0.3) is 10.9 Å². The van der Waals surface area contributed by atoms with Gasteiger partial charge in [0.25, 0.3) is 0 Å². The summed E-state index contributed by atoms with van der Waals surface area (Å²) in [5.41, 5.74) is 2.35. The van der Waals surface area contributed by atoms with Gasteiger partial charge in [-0.2, -0.15) is 4.98 Å². The van der Waals surface area contributed by atoms with Crippen molar-refractivity contribution in [2.45, 2.75) is 12.5 Å². The number of aromatic amines is 1. The molecule has 4 rings (SSSR count). The third-order valence-corrected chi connectivity index (χ3v) is 5.00. The lowest BCUT2D eigenvalue weighted by Gasteiger charge is -2.26. The van der Waals surface area contributed by atoms with Gasteiger partial charge in [-0.1, -0.05) is 29.8 Å².